The zero-order valence-corrected chi connectivity index (χ0v) is 23.6. The summed E-state index contributed by atoms with van der Waals surface area (Å²) in [6.07, 6.45) is 3.70. The fraction of sp³-hybridized carbons (Fsp3) is 0.320. The Morgan fingerprint density at radius 2 is 1.76 bits per heavy atom. The van der Waals surface area contributed by atoms with Crippen LogP contribution in [0.1, 0.15) is 36.1 Å². The second-order valence-corrected chi connectivity index (χ2v) is 13.7. The number of likely N-dealkylation sites (tertiary alicyclic amines) is 1. The zero-order chi connectivity index (χ0) is 23.8. The molecule has 6 rings (SSSR count). The van der Waals surface area contributed by atoms with Crippen LogP contribution in [0.15, 0.2) is 59.4 Å². The van der Waals surface area contributed by atoms with Gasteiger partial charge in [0.05, 0.1) is 21.3 Å². The Morgan fingerprint density at radius 1 is 1.03 bits per heavy atom. The van der Waals surface area contributed by atoms with E-state index in [0.717, 1.165) is 39.6 Å². The monoisotopic (exact) mass is 699 g/mol. The molecule has 4 aromatic rings. The smallest absolute Gasteiger partial charge is 0.288 e. The van der Waals surface area contributed by atoms with Crippen molar-refractivity contribution in [1.29, 1.82) is 0 Å². The van der Waals surface area contributed by atoms with E-state index in [-0.39, 0.29) is 10.1 Å². The van der Waals surface area contributed by atoms with Crippen LogP contribution in [0.2, 0.25) is 0 Å². The zero-order valence-electron chi connectivity index (χ0n) is 18.5. The van der Waals surface area contributed by atoms with E-state index in [9.17, 15) is 13.2 Å². The van der Waals surface area contributed by atoms with E-state index in [1.54, 1.807) is 4.57 Å². The highest BCUT2D eigenvalue weighted by Crippen LogP contribution is 2.44. The predicted molar refractivity (Wildman–Crippen MR) is 152 cm³/mol. The van der Waals surface area contributed by atoms with Crippen molar-refractivity contribution >= 4 is 77.0 Å². The second kappa shape index (κ2) is 8.31. The fourth-order valence-electron chi connectivity index (χ4n) is 5.87. The average molecular weight is 699 g/mol. The van der Waals surface area contributed by atoms with Gasteiger partial charge in [-0.05, 0) is 75.9 Å². The minimum absolute atomic E-state index is 0.0473. The Kier molecular flexibility index (Phi) is 5.62. The maximum atomic E-state index is 13.4. The Morgan fingerprint density at radius 3 is 2.50 bits per heavy atom. The normalized spacial score (nSPS) is 23.2. The summed E-state index contributed by atoms with van der Waals surface area (Å²) < 4.78 is 28.8. The number of para-hydroxylation sites is 1. The van der Waals surface area contributed by atoms with Gasteiger partial charge in [-0.15, -0.1) is 0 Å². The Labute approximate surface area is 225 Å². The third-order valence-corrected chi connectivity index (χ3v) is 10.3. The molecule has 1 aromatic heterocycles. The summed E-state index contributed by atoms with van der Waals surface area (Å²) in [5.74, 6) is 0. The molecule has 3 aromatic carbocycles. The van der Waals surface area contributed by atoms with Crippen LogP contribution in [0, 0.1) is 3.57 Å². The van der Waals surface area contributed by atoms with E-state index in [0.29, 0.717) is 17.1 Å². The Balaban J connectivity index is 1.36. The number of rotatable bonds is 3. The van der Waals surface area contributed by atoms with Crippen LogP contribution in [0.4, 0.5) is 0 Å². The number of piperidine rings is 1. The number of imidazole rings is 1. The van der Waals surface area contributed by atoms with E-state index in [1.807, 2.05) is 18.2 Å². The van der Waals surface area contributed by atoms with E-state index >= 15 is 0 Å². The van der Waals surface area contributed by atoms with Gasteiger partial charge in [-0.1, -0.05) is 65.1 Å². The van der Waals surface area contributed by atoms with Crippen LogP contribution < -0.4 is 5.69 Å². The summed E-state index contributed by atoms with van der Waals surface area (Å²) >= 11 is 4.62. The first-order chi connectivity index (χ1) is 16.3. The van der Waals surface area contributed by atoms with Crippen LogP contribution in [0.25, 0.3) is 21.8 Å². The molecule has 176 valence electrons. The summed E-state index contributed by atoms with van der Waals surface area (Å²) in [6, 6.07) is 19.0. The van der Waals surface area contributed by atoms with Gasteiger partial charge in [-0.2, -0.15) is 3.97 Å². The maximum absolute atomic E-state index is 13.4. The van der Waals surface area contributed by atoms with Gasteiger partial charge in [0.2, 0.25) is 10.0 Å². The third-order valence-electron chi connectivity index (χ3n) is 7.25. The molecule has 6 nitrogen and oxygen atoms in total. The van der Waals surface area contributed by atoms with Gasteiger partial charge in [0.1, 0.15) is 0 Å². The van der Waals surface area contributed by atoms with Gasteiger partial charge in [0.15, 0.2) is 0 Å². The highest BCUT2D eigenvalue weighted by atomic mass is 127. The van der Waals surface area contributed by atoms with Crippen molar-refractivity contribution in [2.45, 2.75) is 35.4 Å². The minimum atomic E-state index is -3.72. The number of nitrogens with zero attached hydrogens (tertiary/aromatic N) is 3. The first kappa shape index (κ1) is 23.0. The SMILES string of the molecule is CS(=O)(=O)n1c(=O)n(C2CCN(C3Cc4cccc5cccc3c45)C(I)C2)c2cccc(I)c21. The molecule has 0 radical (unpaired) electrons. The van der Waals surface area contributed by atoms with Crippen LogP contribution in [0.5, 0.6) is 0 Å². The molecule has 3 atom stereocenters. The summed E-state index contributed by atoms with van der Waals surface area (Å²) in [7, 11) is -3.72. The molecule has 0 bridgehead atoms. The molecule has 1 aliphatic heterocycles. The molecule has 0 spiro atoms. The van der Waals surface area contributed by atoms with Crippen LogP contribution >= 0.6 is 45.2 Å². The second-order valence-electron chi connectivity index (χ2n) is 9.22. The number of hydrogen-bond acceptors (Lipinski definition) is 4. The fourth-order valence-corrected chi connectivity index (χ4v) is 8.91. The number of fused-ring (bicyclic) bond motifs is 1. The molecular formula is C25H23I2N3O3S. The molecule has 0 saturated carbocycles. The van der Waals surface area contributed by atoms with E-state index in [4.69, 9.17) is 0 Å². The number of alkyl halides is 1. The molecule has 0 N–H and O–H groups in total. The van der Waals surface area contributed by atoms with Crippen molar-refractivity contribution < 1.29 is 8.42 Å². The molecule has 9 heteroatoms. The van der Waals surface area contributed by atoms with Crippen molar-refractivity contribution in [2.75, 3.05) is 12.8 Å². The number of benzene rings is 3. The van der Waals surface area contributed by atoms with Crippen molar-refractivity contribution in [3.63, 3.8) is 0 Å². The molecule has 2 aliphatic rings. The third kappa shape index (κ3) is 3.48. The van der Waals surface area contributed by atoms with Crippen molar-refractivity contribution in [2.24, 2.45) is 0 Å². The van der Waals surface area contributed by atoms with E-state index < -0.39 is 15.7 Å². The number of aromatic nitrogens is 2. The predicted octanol–water partition coefficient (Wildman–Crippen LogP) is 5.06. The lowest BCUT2D eigenvalue weighted by Gasteiger charge is -2.41. The molecule has 0 amide bonds. The summed E-state index contributed by atoms with van der Waals surface area (Å²) in [4.78, 5) is 16.0. The molecule has 1 aliphatic carbocycles. The molecule has 1 saturated heterocycles. The van der Waals surface area contributed by atoms with Crippen molar-refractivity contribution in [1.82, 2.24) is 13.4 Å². The van der Waals surface area contributed by atoms with E-state index in [2.05, 4.69) is 86.5 Å². The number of halogens is 2. The van der Waals surface area contributed by atoms with Gasteiger partial charge < -0.3 is 0 Å². The number of hydrogen-bond donors (Lipinski definition) is 0. The minimum Gasteiger partial charge on any atom is -0.288 e. The van der Waals surface area contributed by atoms with Gasteiger partial charge >= 0.3 is 5.69 Å². The standard InChI is InChI=1S/C25H23I2N3O3S/c1-34(32,33)30-24-19(26)9-4-10-20(24)29(25(30)31)17-11-12-28(22(27)14-17)21-13-16-7-2-5-15-6-3-8-18(21)23(15)16/h2-10,17,21-22H,11-14H2,1H3. The summed E-state index contributed by atoms with van der Waals surface area (Å²) in [5, 5.41) is 2.69. The highest BCUT2D eigenvalue weighted by molar-refractivity contribution is 14.1. The van der Waals surface area contributed by atoms with Crippen molar-refractivity contribution in [3.8, 4) is 0 Å². The van der Waals surface area contributed by atoms with Crippen LogP contribution in [0.3, 0.4) is 0 Å². The van der Waals surface area contributed by atoms with E-state index in [1.165, 1.54) is 21.9 Å². The average Bonchev–Trinajstić information content (AvgIpc) is 3.31. The lowest BCUT2D eigenvalue weighted by molar-refractivity contribution is 0.127. The van der Waals surface area contributed by atoms with Gasteiger partial charge in [0.25, 0.3) is 0 Å². The summed E-state index contributed by atoms with van der Waals surface area (Å²) in [5.41, 5.74) is 3.53. The Bertz CT molecular complexity index is 1620. The lowest BCUT2D eigenvalue weighted by Crippen LogP contribution is -2.43. The van der Waals surface area contributed by atoms with Crippen LogP contribution in [-0.4, -0.2) is 38.7 Å². The van der Waals surface area contributed by atoms with Crippen LogP contribution in [-0.2, 0) is 16.4 Å². The lowest BCUT2D eigenvalue weighted by atomic mass is 9.99. The highest BCUT2D eigenvalue weighted by Gasteiger charge is 2.38. The summed E-state index contributed by atoms with van der Waals surface area (Å²) in [6.45, 7) is 0.856. The Hall–Kier alpha value is -1.44. The molecule has 34 heavy (non-hydrogen) atoms. The van der Waals surface area contributed by atoms with Crippen molar-refractivity contribution in [3.05, 3.63) is 79.8 Å². The first-order valence-corrected chi connectivity index (χ1v) is 15.5. The molecule has 2 heterocycles. The van der Waals surface area contributed by atoms with Gasteiger partial charge in [-0.3, -0.25) is 9.47 Å². The van der Waals surface area contributed by atoms with Gasteiger partial charge in [-0.25, -0.2) is 13.2 Å². The largest absolute Gasteiger partial charge is 0.343 e. The quantitative estimate of drug-likeness (QED) is 0.171. The molecule has 1 fully saturated rings. The topological polar surface area (TPSA) is 64.3 Å². The van der Waals surface area contributed by atoms with Gasteiger partial charge in [0, 0.05) is 22.2 Å². The molecular weight excluding hydrogens is 676 g/mol. The first-order valence-electron chi connectivity index (χ1n) is 11.3. The maximum Gasteiger partial charge on any atom is 0.343 e. The molecule has 3 unspecified atom stereocenters.